The molecule has 7 nitrogen and oxygen atoms in total. The van der Waals surface area contributed by atoms with Gasteiger partial charge < -0.3 is 9.47 Å². The summed E-state index contributed by atoms with van der Waals surface area (Å²) in [5.41, 5.74) is 1.02. The lowest BCUT2D eigenvalue weighted by atomic mass is 10.2. The molecule has 0 N–H and O–H groups in total. The molecule has 0 saturated heterocycles. The molecule has 0 spiro atoms. The molecule has 0 aliphatic rings. The number of hydrogen-bond acceptors (Lipinski definition) is 7. The Balaban J connectivity index is 2.38. The molecule has 0 fully saturated rings. The molecule has 3 aromatic rings. The molecule has 33 heavy (non-hydrogen) atoms. The zero-order chi connectivity index (χ0) is 24.2. The van der Waals surface area contributed by atoms with Crippen molar-refractivity contribution in [3.05, 3.63) is 85.8 Å². The van der Waals surface area contributed by atoms with Gasteiger partial charge in [-0.15, -0.1) is 17.9 Å². The largest absolute Gasteiger partial charge is 0.497 e. The van der Waals surface area contributed by atoms with Crippen LogP contribution in [0.2, 0.25) is 0 Å². The summed E-state index contributed by atoms with van der Waals surface area (Å²) in [5.74, 6) is 1.08. The van der Waals surface area contributed by atoms with E-state index in [4.69, 9.17) is 9.47 Å². The predicted octanol–water partition coefficient (Wildman–Crippen LogP) is 2.36. The van der Waals surface area contributed by atoms with Crippen molar-refractivity contribution in [2.24, 2.45) is 0 Å². The summed E-state index contributed by atoms with van der Waals surface area (Å²) in [4.78, 5) is 12.7. The maximum absolute atomic E-state index is 13.3. The van der Waals surface area contributed by atoms with E-state index in [1.807, 2.05) is 6.92 Å². The standard InChI is InChI=1S/C24H22N2O5S2/c1-5-12-26-23(27)21(14-17-13-18(30-3)8-11-20(17)31-4)32-24(26)22(15-25)33(28,29)19-9-6-16(2)7-10-19/h5-11,13-14H,1,12H2,2-4H3/b21-14-,24-22-. The van der Waals surface area contributed by atoms with E-state index in [2.05, 4.69) is 6.58 Å². The average Bonchev–Trinajstić information content (AvgIpc) is 3.09. The molecule has 0 unspecified atom stereocenters. The molecule has 0 aliphatic heterocycles. The second kappa shape index (κ2) is 9.90. The number of hydrogen-bond donors (Lipinski definition) is 0. The lowest BCUT2D eigenvalue weighted by molar-refractivity contribution is 0.402. The summed E-state index contributed by atoms with van der Waals surface area (Å²) in [7, 11) is -1.12. The minimum atomic E-state index is -4.15. The van der Waals surface area contributed by atoms with Gasteiger partial charge in [0.2, 0.25) is 9.84 Å². The Labute approximate surface area is 195 Å². The number of aromatic nitrogens is 1. The zero-order valence-electron chi connectivity index (χ0n) is 18.4. The van der Waals surface area contributed by atoms with Crippen LogP contribution in [0.1, 0.15) is 11.1 Å². The van der Waals surface area contributed by atoms with Crippen LogP contribution in [0.15, 0.2) is 64.8 Å². The van der Waals surface area contributed by atoms with E-state index in [1.54, 1.807) is 42.5 Å². The molecule has 0 atom stereocenters. The fraction of sp³-hybridized carbons (Fsp3) is 0.167. The van der Waals surface area contributed by atoms with Crippen molar-refractivity contribution in [3.8, 4) is 17.6 Å². The molecular formula is C24H22N2O5S2. The van der Waals surface area contributed by atoms with Crippen molar-refractivity contribution in [1.29, 1.82) is 5.26 Å². The van der Waals surface area contributed by atoms with Crippen molar-refractivity contribution in [2.45, 2.75) is 18.4 Å². The van der Waals surface area contributed by atoms with Gasteiger partial charge in [-0.1, -0.05) is 23.8 Å². The van der Waals surface area contributed by atoms with Crippen LogP contribution in [0.5, 0.6) is 11.5 Å². The highest BCUT2D eigenvalue weighted by Crippen LogP contribution is 2.24. The van der Waals surface area contributed by atoms with Gasteiger partial charge in [0, 0.05) is 12.1 Å². The molecule has 170 valence electrons. The predicted molar refractivity (Wildman–Crippen MR) is 129 cm³/mol. The van der Waals surface area contributed by atoms with Crippen LogP contribution in [0, 0.1) is 18.3 Å². The van der Waals surface area contributed by atoms with Gasteiger partial charge in [-0.2, -0.15) is 5.26 Å². The number of nitrogens with zero attached hydrogens (tertiary/aromatic N) is 2. The van der Waals surface area contributed by atoms with Crippen LogP contribution in [0.25, 0.3) is 11.0 Å². The quantitative estimate of drug-likeness (QED) is 0.480. The second-order valence-corrected chi connectivity index (χ2v) is 9.90. The summed E-state index contributed by atoms with van der Waals surface area (Å²) in [6.07, 6.45) is 3.06. The summed E-state index contributed by atoms with van der Waals surface area (Å²) in [6, 6.07) is 13.1. The van der Waals surface area contributed by atoms with Gasteiger partial charge in [-0.05, 0) is 43.3 Å². The lowest BCUT2D eigenvalue weighted by Crippen LogP contribution is -2.32. The second-order valence-electron chi connectivity index (χ2n) is 6.99. The maximum Gasteiger partial charge on any atom is 0.269 e. The number of nitriles is 1. The highest BCUT2D eigenvalue weighted by atomic mass is 32.2. The van der Waals surface area contributed by atoms with Crippen LogP contribution in [0.4, 0.5) is 0 Å². The minimum Gasteiger partial charge on any atom is -0.497 e. The summed E-state index contributed by atoms with van der Waals surface area (Å²) in [6.45, 7) is 5.53. The van der Waals surface area contributed by atoms with E-state index < -0.39 is 20.3 Å². The molecule has 9 heteroatoms. The third-order valence-corrected chi connectivity index (χ3v) is 7.81. The summed E-state index contributed by atoms with van der Waals surface area (Å²) < 4.78 is 38.6. The van der Waals surface area contributed by atoms with Crippen LogP contribution in [0.3, 0.4) is 0 Å². The number of ether oxygens (including phenoxy) is 2. The highest BCUT2D eigenvalue weighted by molar-refractivity contribution is 8.00. The number of aryl methyl sites for hydroxylation is 1. The minimum absolute atomic E-state index is 0.0179. The number of benzene rings is 2. The molecule has 1 aromatic heterocycles. The Kier molecular flexibility index (Phi) is 7.21. The van der Waals surface area contributed by atoms with E-state index in [1.165, 1.54) is 37.0 Å². The lowest BCUT2D eigenvalue weighted by Gasteiger charge is -2.06. The van der Waals surface area contributed by atoms with Gasteiger partial charge >= 0.3 is 0 Å². The third-order valence-electron chi connectivity index (χ3n) is 4.84. The van der Waals surface area contributed by atoms with Crippen molar-refractivity contribution < 1.29 is 17.9 Å². The zero-order valence-corrected chi connectivity index (χ0v) is 20.0. The normalized spacial score (nSPS) is 12.7. The summed E-state index contributed by atoms with van der Waals surface area (Å²) in [5, 5.41) is 9.82. The van der Waals surface area contributed by atoms with Gasteiger partial charge in [-0.3, -0.25) is 9.36 Å². The monoisotopic (exact) mass is 482 g/mol. The molecule has 0 radical (unpaired) electrons. The van der Waals surface area contributed by atoms with Gasteiger partial charge in [-0.25, -0.2) is 8.42 Å². The Morgan fingerprint density at radius 1 is 1.18 bits per heavy atom. The van der Waals surface area contributed by atoms with Crippen LogP contribution < -0.4 is 24.2 Å². The smallest absolute Gasteiger partial charge is 0.269 e. The molecule has 0 amide bonds. The van der Waals surface area contributed by atoms with E-state index in [0.29, 0.717) is 17.1 Å². The van der Waals surface area contributed by atoms with Gasteiger partial charge in [0.1, 0.15) is 22.2 Å². The molecule has 1 heterocycles. The van der Waals surface area contributed by atoms with E-state index in [-0.39, 0.29) is 20.6 Å². The molecule has 0 aliphatic carbocycles. The Bertz CT molecular complexity index is 1520. The van der Waals surface area contributed by atoms with Crippen molar-refractivity contribution in [1.82, 2.24) is 4.57 Å². The van der Waals surface area contributed by atoms with Crippen LogP contribution in [-0.4, -0.2) is 27.2 Å². The van der Waals surface area contributed by atoms with Crippen molar-refractivity contribution in [3.63, 3.8) is 0 Å². The van der Waals surface area contributed by atoms with E-state index in [9.17, 15) is 18.5 Å². The van der Waals surface area contributed by atoms with Gasteiger partial charge in [0.05, 0.1) is 23.6 Å². The first-order valence-corrected chi connectivity index (χ1v) is 12.1. The molecule has 2 aromatic carbocycles. The Morgan fingerprint density at radius 2 is 1.88 bits per heavy atom. The third kappa shape index (κ3) is 4.77. The fourth-order valence-electron chi connectivity index (χ4n) is 3.13. The Morgan fingerprint density at radius 3 is 2.45 bits per heavy atom. The number of allylic oxidation sites excluding steroid dienone is 1. The topological polar surface area (TPSA) is 98.4 Å². The number of methoxy groups -OCH3 is 2. The number of rotatable bonds is 7. The summed E-state index contributed by atoms with van der Waals surface area (Å²) >= 11 is 0.923. The molecule has 3 rings (SSSR count). The van der Waals surface area contributed by atoms with Crippen LogP contribution >= 0.6 is 11.3 Å². The molecule has 0 saturated carbocycles. The first kappa shape index (κ1) is 24.0. The van der Waals surface area contributed by atoms with E-state index in [0.717, 1.165) is 16.9 Å². The molecular weight excluding hydrogens is 460 g/mol. The van der Waals surface area contributed by atoms with Crippen LogP contribution in [-0.2, 0) is 16.4 Å². The van der Waals surface area contributed by atoms with Gasteiger partial charge in [0.15, 0.2) is 4.91 Å². The number of sulfone groups is 1. The maximum atomic E-state index is 13.3. The van der Waals surface area contributed by atoms with Gasteiger partial charge in [0.25, 0.3) is 5.56 Å². The Hall–Kier alpha value is -3.61. The van der Waals surface area contributed by atoms with E-state index >= 15 is 0 Å². The first-order valence-electron chi connectivity index (χ1n) is 9.77. The molecule has 0 bridgehead atoms. The van der Waals surface area contributed by atoms with Crippen molar-refractivity contribution in [2.75, 3.05) is 14.2 Å². The average molecular weight is 483 g/mol. The van der Waals surface area contributed by atoms with Crippen molar-refractivity contribution >= 4 is 32.2 Å². The highest BCUT2D eigenvalue weighted by Gasteiger charge is 2.24. The SMILES string of the molecule is C=CCn1c(=O)/c(=C/c2cc(OC)ccc2OC)s/c1=C(/C#N)S(=O)(=O)c1ccc(C)cc1. The number of thiazole rings is 1. The fourth-order valence-corrected chi connectivity index (χ4v) is 5.78. The first-order chi connectivity index (χ1) is 15.8.